The fraction of sp³-hybridized carbons (Fsp3) is 0.200. The SMILES string of the molecule is C=CCOc1cc(Br)c(C=NNc2nc(C)cs2)cc1OC. The van der Waals surface area contributed by atoms with E-state index in [1.165, 1.54) is 11.3 Å². The van der Waals surface area contributed by atoms with Crippen molar-refractivity contribution in [1.29, 1.82) is 0 Å². The van der Waals surface area contributed by atoms with Crippen LogP contribution in [0.15, 0.2) is 39.7 Å². The van der Waals surface area contributed by atoms with E-state index in [4.69, 9.17) is 9.47 Å². The quantitative estimate of drug-likeness (QED) is 0.442. The van der Waals surface area contributed by atoms with E-state index in [1.807, 2.05) is 24.4 Å². The Balaban J connectivity index is 2.14. The number of aryl methyl sites for hydroxylation is 1. The number of halogens is 1. The second-order valence-corrected chi connectivity index (χ2v) is 6.00. The number of anilines is 1. The van der Waals surface area contributed by atoms with Gasteiger partial charge in [0.1, 0.15) is 6.61 Å². The molecule has 0 bridgehead atoms. The molecule has 22 heavy (non-hydrogen) atoms. The predicted molar refractivity (Wildman–Crippen MR) is 94.5 cm³/mol. The lowest BCUT2D eigenvalue weighted by Gasteiger charge is -2.11. The second kappa shape index (κ2) is 7.95. The number of benzene rings is 1. The normalized spacial score (nSPS) is 10.7. The van der Waals surface area contributed by atoms with Gasteiger partial charge in [-0.05, 0) is 35.0 Å². The van der Waals surface area contributed by atoms with E-state index in [1.54, 1.807) is 19.4 Å². The van der Waals surface area contributed by atoms with Crippen LogP contribution in [0.5, 0.6) is 11.5 Å². The zero-order valence-corrected chi connectivity index (χ0v) is 14.7. The van der Waals surface area contributed by atoms with Gasteiger partial charge in [0.25, 0.3) is 0 Å². The smallest absolute Gasteiger partial charge is 0.203 e. The Bertz CT molecular complexity index is 685. The molecule has 7 heteroatoms. The van der Waals surface area contributed by atoms with Crippen LogP contribution in [0.1, 0.15) is 11.3 Å². The van der Waals surface area contributed by atoms with Gasteiger partial charge in [0.15, 0.2) is 11.5 Å². The first kappa shape index (κ1) is 16.5. The van der Waals surface area contributed by atoms with E-state index < -0.39 is 0 Å². The third-order valence-corrected chi connectivity index (χ3v) is 4.17. The highest BCUT2D eigenvalue weighted by atomic mass is 79.9. The highest BCUT2D eigenvalue weighted by Crippen LogP contribution is 2.33. The van der Waals surface area contributed by atoms with Crippen molar-refractivity contribution in [1.82, 2.24) is 4.98 Å². The van der Waals surface area contributed by atoms with Crippen molar-refractivity contribution in [3.8, 4) is 11.5 Å². The standard InChI is InChI=1S/C15H16BrN3O2S/c1-4-5-21-14-7-12(16)11(6-13(14)20-3)8-17-19-15-18-10(2)9-22-15/h4,6-9H,1,5H2,2-3H3,(H,18,19). The van der Waals surface area contributed by atoms with Crippen molar-refractivity contribution in [3.63, 3.8) is 0 Å². The minimum absolute atomic E-state index is 0.418. The first-order chi connectivity index (χ1) is 10.6. The molecule has 0 amide bonds. The van der Waals surface area contributed by atoms with E-state index >= 15 is 0 Å². The molecule has 0 saturated heterocycles. The van der Waals surface area contributed by atoms with Crippen LogP contribution in [-0.4, -0.2) is 24.9 Å². The minimum atomic E-state index is 0.418. The molecule has 0 aliphatic carbocycles. The van der Waals surface area contributed by atoms with Gasteiger partial charge in [-0.1, -0.05) is 12.7 Å². The maximum Gasteiger partial charge on any atom is 0.203 e. The van der Waals surface area contributed by atoms with Crippen LogP contribution in [-0.2, 0) is 0 Å². The van der Waals surface area contributed by atoms with E-state index in [0.29, 0.717) is 18.1 Å². The summed E-state index contributed by atoms with van der Waals surface area (Å²) in [4.78, 5) is 4.27. The van der Waals surface area contributed by atoms with E-state index in [9.17, 15) is 0 Å². The molecule has 0 saturated carbocycles. The molecule has 0 aliphatic rings. The van der Waals surface area contributed by atoms with Gasteiger partial charge in [0.05, 0.1) is 19.0 Å². The summed E-state index contributed by atoms with van der Waals surface area (Å²) in [5.74, 6) is 1.28. The number of ether oxygens (including phenoxy) is 2. The van der Waals surface area contributed by atoms with Crippen molar-refractivity contribution >= 4 is 38.6 Å². The van der Waals surface area contributed by atoms with Crippen LogP contribution in [0, 0.1) is 6.92 Å². The number of aromatic nitrogens is 1. The molecule has 0 unspecified atom stereocenters. The predicted octanol–water partition coefficient (Wildman–Crippen LogP) is 4.23. The summed E-state index contributed by atoms with van der Waals surface area (Å²) in [7, 11) is 1.60. The molecule has 1 aromatic carbocycles. The number of hydrogen-bond donors (Lipinski definition) is 1. The van der Waals surface area contributed by atoms with Gasteiger partial charge in [-0.15, -0.1) is 11.3 Å². The Hall–Kier alpha value is -1.86. The number of methoxy groups -OCH3 is 1. The third kappa shape index (κ3) is 4.32. The maximum absolute atomic E-state index is 5.55. The number of nitrogens with one attached hydrogen (secondary N) is 1. The molecule has 0 fully saturated rings. The van der Waals surface area contributed by atoms with Gasteiger partial charge in [0.2, 0.25) is 5.13 Å². The molecule has 2 rings (SSSR count). The fourth-order valence-electron chi connectivity index (χ4n) is 1.63. The van der Waals surface area contributed by atoms with Crippen LogP contribution >= 0.6 is 27.3 Å². The Labute approximate surface area is 141 Å². The van der Waals surface area contributed by atoms with Crippen LogP contribution in [0.2, 0.25) is 0 Å². The van der Waals surface area contributed by atoms with Gasteiger partial charge in [0, 0.05) is 15.4 Å². The topological polar surface area (TPSA) is 55.7 Å². The molecule has 1 N–H and O–H groups in total. The summed E-state index contributed by atoms with van der Waals surface area (Å²) < 4.78 is 11.7. The fourth-order valence-corrected chi connectivity index (χ4v) is 2.69. The monoisotopic (exact) mass is 381 g/mol. The molecule has 1 aromatic heterocycles. The summed E-state index contributed by atoms with van der Waals surface area (Å²) in [5, 5.41) is 6.90. The Morgan fingerprint density at radius 2 is 2.27 bits per heavy atom. The second-order valence-electron chi connectivity index (χ2n) is 4.29. The summed E-state index contributed by atoms with van der Waals surface area (Å²) in [6, 6.07) is 3.69. The van der Waals surface area contributed by atoms with Gasteiger partial charge in [-0.2, -0.15) is 5.10 Å². The number of thiazole rings is 1. The van der Waals surface area contributed by atoms with Crippen molar-refractivity contribution in [2.24, 2.45) is 5.10 Å². The average Bonchev–Trinajstić information content (AvgIpc) is 2.92. The number of hydrogen-bond acceptors (Lipinski definition) is 6. The maximum atomic E-state index is 5.55. The van der Waals surface area contributed by atoms with Crippen molar-refractivity contribution in [3.05, 3.63) is 45.9 Å². The summed E-state index contributed by atoms with van der Waals surface area (Å²) >= 11 is 5.01. The molecule has 0 spiro atoms. The summed E-state index contributed by atoms with van der Waals surface area (Å²) in [6.07, 6.45) is 3.38. The van der Waals surface area contributed by atoms with Crippen LogP contribution < -0.4 is 14.9 Å². The van der Waals surface area contributed by atoms with E-state index in [2.05, 4.69) is 38.0 Å². The summed E-state index contributed by atoms with van der Waals surface area (Å²) in [5.41, 5.74) is 4.73. The van der Waals surface area contributed by atoms with Crippen LogP contribution in [0.4, 0.5) is 5.13 Å². The highest BCUT2D eigenvalue weighted by Gasteiger charge is 2.09. The molecule has 5 nitrogen and oxygen atoms in total. The zero-order valence-electron chi connectivity index (χ0n) is 12.3. The number of hydrazone groups is 1. The Kier molecular flexibility index (Phi) is 5.97. The van der Waals surface area contributed by atoms with Crippen LogP contribution in [0.3, 0.4) is 0 Å². The van der Waals surface area contributed by atoms with Gasteiger partial charge >= 0.3 is 0 Å². The average molecular weight is 382 g/mol. The first-order valence-corrected chi connectivity index (χ1v) is 8.13. The van der Waals surface area contributed by atoms with E-state index in [-0.39, 0.29) is 0 Å². The van der Waals surface area contributed by atoms with Gasteiger partial charge in [-0.25, -0.2) is 4.98 Å². The summed E-state index contributed by atoms with van der Waals surface area (Å²) in [6.45, 7) is 5.99. The third-order valence-electron chi connectivity index (χ3n) is 2.62. The van der Waals surface area contributed by atoms with Crippen molar-refractivity contribution in [2.45, 2.75) is 6.92 Å². The Morgan fingerprint density at radius 1 is 1.45 bits per heavy atom. The van der Waals surface area contributed by atoms with Gasteiger partial charge in [-0.3, -0.25) is 5.43 Å². The highest BCUT2D eigenvalue weighted by molar-refractivity contribution is 9.10. The van der Waals surface area contributed by atoms with Gasteiger partial charge < -0.3 is 9.47 Å². The van der Waals surface area contributed by atoms with Crippen LogP contribution in [0.25, 0.3) is 0 Å². The molecule has 116 valence electrons. The molecule has 0 aliphatic heterocycles. The number of nitrogens with zero attached hydrogens (tertiary/aromatic N) is 2. The molecule has 0 radical (unpaired) electrons. The lowest BCUT2D eigenvalue weighted by molar-refractivity contribution is 0.326. The lowest BCUT2D eigenvalue weighted by Crippen LogP contribution is -1.98. The van der Waals surface area contributed by atoms with Crippen molar-refractivity contribution in [2.75, 3.05) is 19.1 Å². The molecular formula is C15H16BrN3O2S. The molecule has 0 atom stereocenters. The minimum Gasteiger partial charge on any atom is -0.493 e. The molecule has 2 aromatic rings. The number of rotatable bonds is 7. The molecular weight excluding hydrogens is 366 g/mol. The Morgan fingerprint density at radius 3 is 2.91 bits per heavy atom. The lowest BCUT2D eigenvalue weighted by atomic mass is 10.2. The van der Waals surface area contributed by atoms with Crippen molar-refractivity contribution < 1.29 is 9.47 Å². The largest absolute Gasteiger partial charge is 0.493 e. The van der Waals surface area contributed by atoms with E-state index in [0.717, 1.165) is 20.9 Å². The first-order valence-electron chi connectivity index (χ1n) is 6.46. The molecule has 1 heterocycles. The zero-order chi connectivity index (χ0) is 15.9.